The number of carbonyl (C=O) groups excluding carboxylic acids is 3. The summed E-state index contributed by atoms with van der Waals surface area (Å²) in [5.41, 5.74) is 5.28. The average Bonchev–Trinajstić information content (AvgIpc) is 3.17. The summed E-state index contributed by atoms with van der Waals surface area (Å²) in [7, 11) is 0. The SMILES string of the molecule is Cc1c(Cl)cccc1NC(=O)C(=O)Nn1c(C(=O)Nc2cccc(Cl)c2C)cc2cc(Cl)ccc21. The van der Waals surface area contributed by atoms with Gasteiger partial charge in [-0.1, -0.05) is 46.9 Å². The number of fused-ring (bicyclic) bond motifs is 1. The molecule has 0 saturated heterocycles. The van der Waals surface area contributed by atoms with Crippen molar-refractivity contribution < 1.29 is 14.4 Å². The lowest BCUT2D eigenvalue weighted by atomic mass is 10.2. The van der Waals surface area contributed by atoms with Crippen molar-refractivity contribution in [3.63, 3.8) is 0 Å². The van der Waals surface area contributed by atoms with Crippen LogP contribution in [0.4, 0.5) is 11.4 Å². The Hall–Kier alpha value is -3.52. The third-order valence-electron chi connectivity index (χ3n) is 5.45. The first-order valence-electron chi connectivity index (χ1n) is 10.4. The number of aromatic nitrogens is 1. The maximum absolute atomic E-state index is 13.2. The maximum Gasteiger partial charge on any atom is 0.328 e. The second-order valence-electron chi connectivity index (χ2n) is 7.74. The normalized spacial score (nSPS) is 10.8. The highest BCUT2D eigenvalue weighted by molar-refractivity contribution is 6.43. The molecule has 0 spiro atoms. The zero-order chi connectivity index (χ0) is 25.3. The highest BCUT2D eigenvalue weighted by Gasteiger charge is 2.22. The number of carbonyl (C=O) groups is 3. The van der Waals surface area contributed by atoms with Crippen LogP contribution in [0.3, 0.4) is 0 Å². The van der Waals surface area contributed by atoms with Crippen molar-refractivity contribution in [1.82, 2.24) is 4.68 Å². The van der Waals surface area contributed by atoms with Crippen LogP contribution in [0.1, 0.15) is 21.6 Å². The largest absolute Gasteiger partial charge is 0.328 e. The molecule has 7 nitrogen and oxygen atoms in total. The first kappa shape index (κ1) is 24.6. The molecule has 4 rings (SSSR count). The predicted molar refractivity (Wildman–Crippen MR) is 140 cm³/mol. The number of hydrogen-bond donors (Lipinski definition) is 3. The van der Waals surface area contributed by atoms with E-state index in [-0.39, 0.29) is 5.69 Å². The Morgan fingerprint density at radius 2 is 1.34 bits per heavy atom. The quantitative estimate of drug-likeness (QED) is 0.276. The fourth-order valence-electron chi connectivity index (χ4n) is 3.48. The maximum atomic E-state index is 13.2. The van der Waals surface area contributed by atoms with Gasteiger partial charge in [-0.3, -0.25) is 19.8 Å². The van der Waals surface area contributed by atoms with Crippen molar-refractivity contribution in [2.45, 2.75) is 13.8 Å². The summed E-state index contributed by atoms with van der Waals surface area (Å²) in [5, 5.41) is 7.33. The second-order valence-corrected chi connectivity index (χ2v) is 8.99. The molecule has 0 fully saturated rings. The summed E-state index contributed by atoms with van der Waals surface area (Å²) >= 11 is 18.4. The Kier molecular flexibility index (Phi) is 7.03. The molecule has 0 aliphatic heterocycles. The molecule has 1 heterocycles. The number of nitrogens with one attached hydrogen (secondary N) is 3. The minimum Gasteiger partial charge on any atom is -0.320 e. The predicted octanol–water partition coefficient (Wildman–Crippen LogP) is 6.18. The Morgan fingerprint density at radius 3 is 1.97 bits per heavy atom. The van der Waals surface area contributed by atoms with Crippen molar-refractivity contribution in [3.8, 4) is 0 Å². The second kappa shape index (κ2) is 10.00. The lowest BCUT2D eigenvalue weighted by molar-refractivity contribution is -0.133. The molecule has 178 valence electrons. The fourth-order valence-corrected chi connectivity index (χ4v) is 4.01. The van der Waals surface area contributed by atoms with Crippen molar-refractivity contribution in [1.29, 1.82) is 0 Å². The van der Waals surface area contributed by atoms with Crippen LogP contribution in [0, 0.1) is 13.8 Å². The zero-order valence-electron chi connectivity index (χ0n) is 18.6. The van der Waals surface area contributed by atoms with Gasteiger partial charge in [0.2, 0.25) is 0 Å². The van der Waals surface area contributed by atoms with Gasteiger partial charge in [0.05, 0.1) is 5.52 Å². The van der Waals surface area contributed by atoms with Crippen LogP contribution in [-0.4, -0.2) is 22.4 Å². The van der Waals surface area contributed by atoms with Crippen molar-refractivity contribution >= 4 is 74.8 Å². The van der Waals surface area contributed by atoms with Gasteiger partial charge in [-0.15, -0.1) is 0 Å². The molecule has 0 radical (unpaired) electrons. The molecule has 0 aliphatic rings. The summed E-state index contributed by atoms with van der Waals surface area (Å²) in [5.74, 6) is -2.43. The smallest absolute Gasteiger partial charge is 0.320 e. The molecule has 3 N–H and O–H groups in total. The summed E-state index contributed by atoms with van der Waals surface area (Å²) < 4.78 is 1.24. The fraction of sp³-hybridized carbons (Fsp3) is 0.0800. The molecule has 0 bridgehead atoms. The van der Waals surface area contributed by atoms with Gasteiger partial charge in [0, 0.05) is 31.8 Å². The van der Waals surface area contributed by atoms with Gasteiger partial charge in [0.15, 0.2) is 0 Å². The van der Waals surface area contributed by atoms with Gasteiger partial charge >= 0.3 is 11.8 Å². The van der Waals surface area contributed by atoms with Gasteiger partial charge in [-0.2, -0.15) is 0 Å². The summed E-state index contributed by atoms with van der Waals surface area (Å²) in [4.78, 5) is 38.6. The third-order valence-corrected chi connectivity index (χ3v) is 6.50. The molecule has 0 unspecified atom stereocenters. The van der Waals surface area contributed by atoms with Crippen molar-refractivity contribution in [2.75, 3.05) is 16.1 Å². The van der Waals surface area contributed by atoms with E-state index >= 15 is 0 Å². The molecule has 3 amide bonds. The van der Waals surface area contributed by atoms with Crippen LogP contribution in [0.5, 0.6) is 0 Å². The monoisotopic (exact) mass is 528 g/mol. The van der Waals surface area contributed by atoms with Crippen LogP contribution >= 0.6 is 34.8 Å². The molecule has 3 aromatic carbocycles. The van der Waals surface area contributed by atoms with E-state index in [9.17, 15) is 14.4 Å². The van der Waals surface area contributed by atoms with E-state index in [1.54, 1.807) is 74.5 Å². The first-order valence-corrected chi connectivity index (χ1v) is 11.5. The highest BCUT2D eigenvalue weighted by Crippen LogP contribution is 2.27. The lowest BCUT2D eigenvalue weighted by Gasteiger charge is -2.14. The van der Waals surface area contributed by atoms with E-state index in [0.29, 0.717) is 48.5 Å². The highest BCUT2D eigenvalue weighted by atomic mass is 35.5. The van der Waals surface area contributed by atoms with E-state index in [4.69, 9.17) is 34.8 Å². The first-order chi connectivity index (χ1) is 16.7. The van der Waals surface area contributed by atoms with E-state index in [2.05, 4.69) is 16.1 Å². The van der Waals surface area contributed by atoms with Crippen LogP contribution in [0.25, 0.3) is 10.9 Å². The number of halogens is 3. The van der Waals surface area contributed by atoms with E-state index < -0.39 is 17.7 Å². The summed E-state index contributed by atoms with van der Waals surface area (Å²) in [6.45, 7) is 3.50. The van der Waals surface area contributed by atoms with Crippen LogP contribution < -0.4 is 16.1 Å². The molecule has 0 aliphatic carbocycles. The summed E-state index contributed by atoms with van der Waals surface area (Å²) in [6.07, 6.45) is 0. The number of nitrogens with zero attached hydrogens (tertiary/aromatic N) is 1. The molecule has 0 atom stereocenters. The van der Waals surface area contributed by atoms with Gasteiger partial charge in [0.1, 0.15) is 5.69 Å². The van der Waals surface area contributed by atoms with E-state index in [0.717, 1.165) is 0 Å². The molecular weight excluding hydrogens is 511 g/mol. The van der Waals surface area contributed by atoms with Crippen molar-refractivity contribution in [3.05, 3.63) is 92.6 Å². The Morgan fingerprint density at radius 1 is 0.743 bits per heavy atom. The molecule has 35 heavy (non-hydrogen) atoms. The number of hydrogen-bond acceptors (Lipinski definition) is 3. The van der Waals surface area contributed by atoms with Gasteiger partial charge < -0.3 is 10.6 Å². The Balaban J connectivity index is 1.65. The van der Waals surface area contributed by atoms with Crippen molar-refractivity contribution in [2.24, 2.45) is 0 Å². The van der Waals surface area contributed by atoms with Gasteiger partial charge in [-0.05, 0) is 73.5 Å². The molecular formula is C25H19Cl3N4O3. The van der Waals surface area contributed by atoms with E-state index in [1.807, 2.05) is 0 Å². The average molecular weight is 530 g/mol. The van der Waals surface area contributed by atoms with Crippen LogP contribution in [0.15, 0.2) is 60.7 Å². The minimum atomic E-state index is -0.982. The molecule has 10 heteroatoms. The van der Waals surface area contributed by atoms with Crippen LogP contribution in [0.2, 0.25) is 15.1 Å². The minimum absolute atomic E-state index is 0.0849. The topological polar surface area (TPSA) is 92.2 Å². The Bertz CT molecular complexity index is 1500. The lowest BCUT2D eigenvalue weighted by Crippen LogP contribution is -2.36. The number of amides is 3. The number of rotatable bonds is 4. The van der Waals surface area contributed by atoms with Gasteiger partial charge in [0.25, 0.3) is 5.91 Å². The number of anilines is 2. The molecule has 0 saturated carbocycles. The Labute approximate surface area is 215 Å². The molecule has 4 aromatic rings. The zero-order valence-corrected chi connectivity index (χ0v) is 20.8. The standard InChI is InChI=1S/C25H19Cl3N4O3/c1-13-17(27)5-3-7-19(13)29-23(33)22-12-15-11-16(26)9-10-21(15)32(22)31-25(35)24(34)30-20-8-4-6-18(28)14(20)2/h3-12H,1-2H3,(H,29,33)(H,30,34)(H,31,35). The summed E-state index contributed by atoms with van der Waals surface area (Å²) in [6, 6.07) is 16.6. The van der Waals surface area contributed by atoms with Gasteiger partial charge in [-0.25, -0.2) is 4.68 Å². The molecule has 1 aromatic heterocycles. The number of benzene rings is 3. The van der Waals surface area contributed by atoms with E-state index in [1.165, 1.54) is 4.68 Å². The third kappa shape index (κ3) is 5.12. The van der Waals surface area contributed by atoms with Crippen LogP contribution in [-0.2, 0) is 9.59 Å².